The summed E-state index contributed by atoms with van der Waals surface area (Å²) in [6.07, 6.45) is 10.1. The normalized spacial score (nSPS) is 11.2. The second-order valence-electron chi connectivity index (χ2n) is 3.86. The van der Waals surface area contributed by atoms with Gasteiger partial charge in [0, 0.05) is 18.9 Å². The maximum absolute atomic E-state index is 11.2. The molecule has 6 nitrogen and oxygen atoms in total. The highest BCUT2D eigenvalue weighted by molar-refractivity contribution is 5.87. The second kappa shape index (κ2) is 5.90. The molecule has 0 saturated carbocycles. The Morgan fingerprint density at radius 1 is 1.50 bits per heavy atom. The first-order valence-electron chi connectivity index (χ1n) is 5.84. The fourth-order valence-corrected chi connectivity index (χ4v) is 1.60. The first-order valence-corrected chi connectivity index (χ1v) is 5.84. The van der Waals surface area contributed by atoms with Crippen molar-refractivity contribution >= 4 is 11.7 Å². The maximum atomic E-state index is 11.2. The van der Waals surface area contributed by atoms with E-state index in [4.69, 9.17) is 0 Å². The molecule has 0 spiro atoms. The largest absolute Gasteiger partial charge is 0.353 e. The van der Waals surface area contributed by atoms with Crippen LogP contribution in [0.4, 0.5) is 0 Å². The van der Waals surface area contributed by atoms with Crippen molar-refractivity contribution in [2.24, 2.45) is 0 Å². The highest BCUT2D eigenvalue weighted by Gasteiger charge is 2.00. The Bertz CT molecular complexity index is 560. The first kappa shape index (κ1) is 12.2. The van der Waals surface area contributed by atoms with Crippen molar-refractivity contribution in [3.63, 3.8) is 0 Å². The number of amides is 1. The lowest BCUT2D eigenvalue weighted by molar-refractivity contribution is -0.116. The molecule has 2 aromatic heterocycles. The van der Waals surface area contributed by atoms with Crippen LogP contribution in [0.5, 0.6) is 0 Å². The number of fused-ring (bicyclic) bond motifs is 1. The van der Waals surface area contributed by atoms with Gasteiger partial charge in [0.25, 0.3) is 5.78 Å². The van der Waals surface area contributed by atoms with E-state index in [0.717, 1.165) is 18.4 Å². The maximum Gasteiger partial charge on any atom is 0.252 e. The molecule has 18 heavy (non-hydrogen) atoms. The molecule has 6 heteroatoms. The van der Waals surface area contributed by atoms with E-state index < -0.39 is 0 Å². The Morgan fingerprint density at radius 3 is 3.22 bits per heavy atom. The minimum atomic E-state index is -0.0534. The number of allylic oxidation sites excluding steroid dienone is 1. The lowest BCUT2D eigenvalue weighted by Crippen LogP contribution is -2.22. The van der Waals surface area contributed by atoms with Crippen LogP contribution in [-0.4, -0.2) is 32.0 Å². The summed E-state index contributed by atoms with van der Waals surface area (Å²) in [4.78, 5) is 19.3. The number of hydrogen-bond acceptors (Lipinski definition) is 4. The number of nitrogens with zero attached hydrogens (tertiary/aromatic N) is 4. The van der Waals surface area contributed by atoms with Crippen LogP contribution in [0, 0.1) is 0 Å². The quantitative estimate of drug-likeness (QED) is 0.623. The predicted octanol–water partition coefficient (Wildman–Crippen LogP) is 0.749. The standard InChI is InChI=1S/C12H15N5O/c1-2-4-11(18)13-6-3-5-10-7-14-12-15-9-16-17(12)8-10/h2,4,7-9H,3,5-6H2,1H3,(H,13,18)/b4-2+. The number of rotatable bonds is 5. The summed E-state index contributed by atoms with van der Waals surface area (Å²) in [5.74, 6) is 0.544. The van der Waals surface area contributed by atoms with E-state index in [1.54, 1.807) is 16.8 Å². The van der Waals surface area contributed by atoms with Gasteiger partial charge in [0.15, 0.2) is 0 Å². The number of carbonyl (C=O) groups excluding carboxylic acids is 1. The molecule has 0 bridgehead atoms. The molecule has 0 atom stereocenters. The monoisotopic (exact) mass is 245 g/mol. The van der Waals surface area contributed by atoms with Gasteiger partial charge in [-0.25, -0.2) is 9.50 Å². The highest BCUT2D eigenvalue weighted by Crippen LogP contribution is 2.02. The van der Waals surface area contributed by atoms with E-state index >= 15 is 0 Å². The third-order valence-electron chi connectivity index (χ3n) is 2.45. The molecule has 0 aliphatic carbocycles. The van der Waals surface area contributed by atoms with E-state index in [1.165, 1.54) is 12.4 Å². The molecule has 2 heterocycles. The van der Waals surface area contributed by atoms with Gasteiger partial charge in [-0.1, -0.05) is 6.08 Å². The van der Waals surface area contributed by atoms with Crippen LogP contribution in [0.2, 0.25) is 0 Å². The molecule has 0 aromatic carbocycles. The molecule has 0 radical (unpaired) electrons. The second-order valence-corrected chi connectivity index (χ2v) is 3.86. The van der Waals surface area contributed by atoms with Gasteiger partial charge in [-0.2, -0.15) is 10.1 Å². The average Bonchev–Trinajstić information content (AvgIpc) is 2.82. The van der Waals surface area contributed by atoms with E-state index in [1.807, 2.05) is 13.1 Å². The van der Waals surface area contributed by atoms with E-state index in [-0.39, 0.29) is 5.91 Å². The van der Waals surface area contributed by atoms with Crippen LogP contribution in [0.1, 0.15) is 18.9 Å². The Kier molecular flexibility index (Phi) is 4.01. The summed E-state index contributed by atoms with van der Waals surface area (Å²) >= 11 is 0. The van der Waals surface area contributed by atoms with Crippen molar-refractivity contribution in [1.29, 1.82) is 0 Å². The molecule has 94 valence electrons. The van der Waals surface area contributed by atoms with Gasteiger partial charge in [0.1, 0.15) is 6.33 Å². The Labute approximate surface area is 105 Å². The topological polar surface area (TPSA) is 72.2 Å². The number of aromatic nitrogens is 4. The van der Waals surface area contributed by atoms with Crippen molar-refractivity contribution in [2.45, 2.75) is 19.8 Å². The highest BCUT2D eigenvalue weighted by atomic mass is 16.1. The van der Waals surface area contributed by atoms with Gasteiger partial charge in [0.2, 0.25) is 5.91 Å². The number of hydrogen-bond donors (Lipinski definition) is 1. The van der Waals surface area contributed by atoms with Crippen molar-refractivity contribution < 1.29 is 4.79 Å². The molecule has 2 aromatic rings. The third-order valence-corrected chi connectivity index (χ3v) is 2.45. The lowest BCUT2D eigenvalue weighted by atomic mass is 10.2. The zero-order valence-corrected chi connectivity index (χ0v) is 10.2. The Balaban J connectivity index is 1.81. The van der Waals surface area contributed by atoms with Gasteiger partial charge < -0.3 is 5.32 Å². The van der Waals surface area contributed by atoms with E-state index in [0.29, 0.717) is 12.3 Å². The molecular weight excluding hydrogens is 230 g/mol. The van der Waals surface area contributed by atoms with E-state index in [9.17, 15) is 4.79 Å². The number of nitrogens with one attached hydrogen (secondary N) is 1. The van der Waals surface area contributed by atoms with Crippen LogP contribution in [0.15, 0.2) is 30.9 Å². The molecule has 0 aliphatic rings. The Morgan fingerprint density at radius 2 is 2.39 bits per heavy atom. The van der Waals surface area contributed by atoms with Crippen LogP contribution in [0.25, 0.3) is 5.78 Å². The van der Waals surface area contributed by atoms with Crippen LogP contribution < -0.4 is 5.32 Å². The Hall–Kier alpha value is -2.24. The van der Waals surface area contributed by atoms with Gasteiger partial charge in [-0.05, 0) is 31.4 Å². The zero-order chi connectivity index (χ0) is 12.8. The lowest BCUT2D eigenvalue weighted by Gasteiger charge is -2.02. The number of carbonyl (C=O) groups is 1. The van der Waals surface area contributed by atoms with Crippen molar-refractivity contribution in [3.05, 3.63) is 36.4 Å². The molecule has 0 unspecified atom stereocenters. The predicted molar refractivity (Wildman–Crippen MR) is 66.9 cm³/mol. The number of aryl methyl sites for hydroxylation is 1. The van der Waals surface area contributed by atoms with Gasteiger partial charge >= 0.3 is 0 Å². The third kappa shape index (κ3) is 3.13. The molecule has 1 N–H and O–H groups in total. The summed E-state index contributed by atoms with van der Waals surface area (Å²) in [6, 6.07) is 0. The minimum absolute atomic E-state index is 0.0534. The smallest absolute Gasteiger partial charge is 0.252 e. The van der Waals surface area contributed by atoms with Crippen molar-refractivity contribution in [2.75, 3.05) is 6.54 Å². The van der Waals surface area contributed by atoms with Crippen molar-refractivity contribution in [3.8, 4) is 0 Å². The van der Waals surface area contributed by atoms with Crippen LogP contribution >= 0.6 is 0 Å². The van der Waals surface area contributed by atoms with Gasteiger partial charge in [0.05, 0.1) is 0 Å². The fraction of sp³-hybridized carbons (Fsp3) is 0.333. The summed E-state index contributed by atoms with van der Waals surface area (Å²) in [5.41, 5.74) is 1.08. The molecule has 1 amide bonds. The summed E-state index contributed by atoms with van der Waals surface area (Å²) in [7, 11) is 0. The molecule has 0 saturated heterocycles. The molecule has 2 rings (SSSR count). The van der Waals surface area contributed by atoms with E-state index in [2.05, 4.69) is 20.4 Å². The van der Waals surface area contributed by atoms with Gasteiger partial charge in [-0.15, -0.1) is 0 Å². The van der Waals surface area contributed by atoms with Crippen molar-refractivity contribution in [1.82, 2.24) is 24.9 Å². The molecule has 0 aliphatic heterocycles. The summed E-state index contributed by atoms with van der Waals surface area (Å²) in [6.45, 7) is 2.47. The average molecular weight is 245 g/mol. The molecular formula is C12H15N5O. The van der Waals surface area contributed by atoms with Crippen LogP contribution in [-0.2, 0) is 11.2 Å². The van der Waals surface area contributed by atoms with Crippen LogP contribution in [0.3, 0.4) is 0 Å². The fourth-order valence-electron chi connectivity index (χ4n) is 1.60. The summed E-state index contributed by atoms with van der Waals surface area (Å²) in [5, 5.41) is 6.83. The first-order chi connectivity index (χ1) is 8.79. The zero-order valence-electron chi connectivity index (χ0n) is 10.2. The summed E-state index contributed by atoms with van der Waals surface area (Å²) < 4.78 is 1.65. The van der Waals surface area contributed by atoms with Gasteiger partial charge in [-0.3, -0.25) is 4.79 Å². The molecule has 0 fully saturated rings. The minimum Gasteiger partial charge on any atom is -0.353 e. The SMILES string of the molecule is C/C=C/C(=O)NCCCc1cnc2ncnn2c1.